The van der Waals surface area contributed by atoms with Gasteiger partial charge in [0, 0.05) is 25.2 Å². The van der Waals surface area contributed by atoms with E-state index in [1.165, 1.54) is 12.8 Å². The van der Waals surface area contributed by atoms with E-state index >= 15 is 0 Å². The van der Waals surface area contributed by atoms with Gasteiger partial charge in [0.15, 0.2) is 0 Å². The topological polar surface area (TPSA) is 24.5 Å². The molecule has 0 saturated carbocycles. The minimum atomic E-state index is 0.243. The van der Waals surface area contributed by atoms with Crippen LogP contribution in [0.3, 0.4) is 0 Å². The molecule has 96 valence electrons. The van der Waals surface area contributed by atoms with E-state index in [1.807, 2.05) is 0 Å². The predicted molar refractivity (Wildman–Crippen MR) is 68.8 cm³/mol. The summed E-state index contributed by atoms with van der Waals surface area (Å²) in [6.07, 6.45) is 2.81. The molecule has 3 heteroatoms. The molecule has 1 heterocycles. The van der Waals surface area contributed by atoms with Crippen molar-refractivity contribution in [2.45, 2.75) is 52.2 Å². The van der Waals surface area contributed by atoms with E-state index in [0.717, 1.165) is 32.8 Å². The molecule has 16 heavy (non-hydrogen) atoms. The van der Waals surface area contributed by atoms with Gasteiger partial charge in [-0.1, -0.05) is 20.3 Å². The Morgan fingerprint density at radius 3 is 2.75 bits per heavy atom. The van der Waals surface area contributed by atoms with Crippen molar-refractivity contribution in [1.29, 1.82) is 0 Å². The third kappa shape index (κ3) is 4.81. The van der Waals surface area contributed by atoms with Crippen molar-refractivity contribution in [2.24, 2.45) is 0 Å². The molecule has 0 spiro atoms. The predicted octanol–water partition coefficient (Wildman–Crippen LogP) is 1.88. The first-order valence-electron chi connectivity index (χ1n) is 6.66. The largest absolute Gasteiger partial charge is 0.374 e. The van der Waals surface area contributed by atoms with Crippen LogP contribution in [0.25, 0.3) is 0 Å². The van der Waals surface area contributed by atoms with Crippen LogP contribution >= 0.6 is 0 Å². The Bertz CT molecular complexity index is 194. The first kappa shape index (κ1) is 13.9. The summed E-state index contributed by atoms with van der Waals surface area (Å²) in [5, 5.41) is 3.62. The van der Waals surface area contributed by atoms with Gasteiger partial charge in [0.1, 0.15) is 0 Å². The van der Waals surface area contributed by atoms with Gasteiger partial charge in [0.25, 0.3) is 0 Å². The fourth-order valence-corrected chi connectivity index (χ4v) is 2.29. The number of hydrogen-bond donors (Lipinski definition) is 1. The van der Waals surface area contributed by atoms with Gasteiger partial charge in [-0.3, -0.25) is 4.90 Å². The molecule has 0 aromatic carbocycles. The Morgan fingerprint density at radius 2 is 2.12 bits per heavy atom. The van der Waals surface area contributed by atoms with Crippen molar-refractivity contribution in [3.63, 3.8) is 0 Å². The SMILES string of the molecule is CCCC(C)(C)NCC1CN(CC)CCO1. The number of nitrogens with one attached hydrogen (secondary N) is 1. The smallest absolute Gasteiger partial charge is 0.0826 e. The molecule has 1 unspecified atom stereocenters. The van der Waals surface area contributed by atoms with Gasteiger partial charge in [-0.2, -0.15) is 0 Å². The fourth-order valence-electron chi connectivity index (χ4n) is 2.29. The molecule has 0 bridgehead atoms. The zero-order chi connectivity index (χ0) is 12.0. The van der Waals surface area contributed by atoms with Crippen molar-refractivity contribution in [1.82, 2.24) is 10.2 Å². The Kier molecular flexibility index (Phi) is 5.73. The summed E-state index contributed by atoms with van der Waals surface area (Å²) in [5.41, 5.74) is 0.243. The monoisotopic (exact) mass is 228 g/mol. The number of likely N-dealkylation sites (N-methyl/N-ethyl adjacent to an activating group) is 1. The van der Waals surface area contributed by atoms with Crippen LogP contribution in [0.5, 0.6) is 0 Å². The Hall–Kier alpha value is -0.120. The summed E-state index contributed by atoms with van der Waals surface area (Å²) in [6.45, 7) is 14.2. The van der Waals surface area contributed by atoms with Crippen molar-refractivity contribution in [3.05, 3.63) is 0 Å². The van der Waals surface area contributed by atoms with E-state index in [2.05, 4.69) is 37.9 Å². The van der Waals surface area contributed by atoms with E-state index in [1.54, 1.807) is 0 Å². The van der Waals surface area contributed by atoms with E-state index in [4.69, 9.17) is 4.74 Å². The Balaban J connectivity index is 2.26. The number of morpholine rings is 1. The lowest BCUT2D eigenvalue weighted by Crippen LogP contribution is -2.50. The highest BCUT2D eigenvalue weighted by Gasteiger charge is 2.22. The van der Waals surface area contributed by atoms with Gasteiger partial charge in [-0.05, 0) is 26.8 Å². The highest BCUT2D eigenvalue weighted by molar-refractivity contribution is 4.80. The summed E-state index contributed by atoms with van der Waals surface area (Å²) in [4.78, 5) is 2.46. The molecule has 0 amide bonds. The van der Waals surface area contributed by atoms with Crippen molar-refractivity contribution < 1.29 is 4.74 Å². The third-order valence-corrected chi connectivity index (χ3v) is 3.35. The minimum Gasteiger partial charge on any atom is -0.374 e. The fraction of sp³-hybridized carbons (Fsp3) is 1.00. The average molecular weight is 228 g/mol. The van der Waals surface area contributed by atoms with Gasteiger partial charge in [-0.25, -0.2) is 0 Å². The normalized spacial score (nSPS) is 23.6. The van der Waals surface area contributed by atoms with Crippen molar-refractivity contribution in [2.75, 3.05) is 32.8 Å². The summed E-state index contributed by atoms with van der Waals surface area (Å²) in [5.74, 6) is 0. The average Bonchev–Trinajstić information content (AvgIpc) is 2.27. The quantitative estimate of drug-likeness (QED) is 0.751. The number of hydrogen-bond acceptors (Lipinski definition) is 3. The maximum atomic E-state index is 5.78. The Labute approximate surface area is 101 Å². The molecular weight excluding hydrogens is 200 g/mol. The van der Waals surface area contributed by atoms with E-state index in [-0.39, 0.29) is 5.54 Å². The van der Waals surface area contributed by atoms with E-state index < -0.39 is 0 Å². The molecular formula is C13H28N2O. The molecule has 1 saturated heterocycles. The second kappa shape index (κ2) is 6.58. The van der Waals surface area contributed by atoms with Crippen LogP contribution in [0.1, 0.15) is 40.5 Å². The van der Waals surface area contributed by atoms with Gasteiger partial charge in [-0.15, -0.1) is 0 Å². The Morgan fingerprint density at radius 1 is 1.38 bits per heavy atom. The molecule has 3 nitrogen and oxygen atoms in total. The summed E-state index contributed by atoms with van der Waals surface area (Å²) < 4.78 is 5.78. The number of nitrogens with zero attached hydrogens (tertiary/aromatic N) is 1. The highest BCUT2D eigenvalue weighted by Crippen LogP contribution is 2.12. The molecule has 1 rings (SSSR count). The zero-order valence-corrected chi connectivity index (χ0v) is 11.4. The molecule has 1 fully saturated rings. The molecule has 0 radical (unpaired) electrons. The number of rotatable bonds is 6. The highest BCUT2D eigenvalue weighted by atomic mass is 16.5. The third-order valence-electron chi connectivity index (χ3n) is 3.35. The van der Waals surface area contributed by atoms with Gasteiger partial charge < -0.3 is 10.1 Å². The molecule has 0 aliphatic carbocycles. The lowest BCUT2D eigenvalue weighted by molar-refractivity contribution is -0.0281. The summed E-state index contributed by atoms with van der Waals surface area (Å²) in [6, 6.07) is 0. The van der Waals surface area contributed by atoms with Crippen LogP contribution < -0.4 is 5.32 Å². The van der Waals surface area contributed by atoms with Crippen LogP contribution in [-0.4, -0.2) is 49.3 Å². The standard InChI is InChI=1S/C13H28N2O/c1-5-7-13(3,4)14-10-12-11-15(6-2)8-9-16-12/h12,14H,5-11H2,1-4H3. The first-order valence-corrected chi connectivity index (χ1v) is 6.66. The number of ether oxygens (including phenoxy) is 1. The molecule has 1 atom stereocenters. The summed E-state index contributed by atoms with van der Waals surface area (Å²) in [7, 11) is 0. The van der Waals surface area contributed by atoms with Crippen LogP contribution in [0.4, 0.5) is 0 Å². The zero-order valence-electron chi connectivity index (χ0n) is 11.4. The lowest BCUT2D eigenvalue weighted by atomic mass is 9.99. The van der Waals surface area contributed by atoms with Crippen LogP contribution in [0.2, 0.25) is 0 Å². The van der Waals surface area contributed by atoms with Gasteiger partial charge in [0.05, 0.1) is 12.7 Å². The van der Waals surface area contributed by atoms with Gasteiger partial charge in [0.2, 0.25) is 0 Å². The molecule has 1 N–H and O–H groups in total. The molecule has 0 aromatic heterocycles. The van der Waals surface area contributed by atoms with Gasteiger partial charge >= 0.3 is 0 Å². The van der Waals surface area contributed by atoms with E-state index in [9.17, 15) is 0 Å². The second-order valence-electron chi connectivity index (χ2n) is 5.40. The maximum Gasteiger partial charge on any atom is 0.0826 e. The van der Waals surface area contributed by atoms with Crippen LogP contribution in [-0.2, 0) is 4.74 Å². The summed E-state index contributed by atoms with van der Waals surface area (Å²) >= 11 is 0. The minimum absolute atomic E-state index is 0.243. The molecule has 0 aromatic rings. The van der Waals surface area contributed by atoms with Crippen molar-refractivity contribution in [3.8, 4) is 0 Å². The molecule has 1 aliphatic rings. The first-order chi connectivity index (χ1) is 7.57. The van der Waals surface area contributed by atoms with Crippen LogP contribution in [0, 0.1) is 0 Å². The molecule has 1 aliphatic heterocycles. The van der Waals surface area contributed by atoms with Crippen LogP contribution in [0.15, 0.2) is 0 Å². The maximum absolute atomic E-state index is 5.78. The van der Waals surface area contributed by atoms with Crippen molar-refractivity contribution >= 4 is 0 Å². The van der Waals surface area contributed by atoms with E-state index in [0.29, 0.717) is 6.10 Å². The second-order valence-corrected chi connectivity index (χ2v) is 5.40. The lowest BCUT2D eigenvalue weighted by Gasteiger charge is -2.35.